The summed E-state index contributed by atoms with van der Waals surface area (Å²) in [5, 5.41) is 10.6. The molecule has 0 saturated heterocycles. The van der Waals surface area contributed by atoms with Crippen molar-refractivity contribution >= 4 is 29.0 Å². The number of carbonyl (C=O) groups excluding carboxylic acids is 1. The summed E-state index contributed by atoms with van der Waals surface area (Å²) in [4.78, 5) is 9.44. The number of halogens is 2. The second kappa shape index (κ2) is 11.6. The number of aliphatic hydroxyl groups is 1. The summed E-state index contributed by atoms with van der Waals surface area (Å²) >= 11 is 12.9. The van der Waals surface area contributed by atoms with Gasteiger partial charge in [-0.2, -0.15) is 0 Å². The molecule has 1 atom stereocenters. The minimum Gasteiger partial charge on any atom is -0.495 e. The largest absolute Gasteiger partial charge is 0.495 e. The van der Waals surface area contributed by atoms with Gasteiger partial charge < -0.3 is 19.4 Å². The summed E-state index contributed by atoms with van der Waals surface area (Å²) in [6.45, 7) is 11.2. The zero-order valence-electron chi connectivity index (χ0n) is 20.7. The van der Waals surface area contributed by atoms with E-state index in [-0.39, 0.29) is 17.1 Å². The van der Waals surface area contributed by atoms with Crippen LogP contribution in [-0.4, -0.2) is 23.4 Å². The Balaban J connectivity index is 0.000000945. The fraction of sp³-hybridized carbons (Fsp3) is 0.321. The van der Waals surface area contributed by atoms with E-state index in [1.54, 1.807) is 13.2 Å². The van der Waals surface area contributed by atoms with E-state index in [4.69, 9.17) is 32.7 Å². The van der Waals surface area contributed by atoms with Gasteiger partial charge in [-0.1, -0.05) is 55.8 Å². The molecular weight excluding hydrogens is 471 g/mol. The molecule has 3 rings (SSSR count). The normalized spacial score (nSPS) is 16.7. The maximum absolute atomic E-state index is 10.6. The van der Waals surface area contributed by atoms with Crippen LogP contribution in [-0.2, 0) is 10.2 Å². The topological polar surface area (TPSA) is 55.8 Å². The molecule has 34 heavy (non-hydrogen) atoms. The first-order valence-electron chi connectivity index (χ1n) is 10.9. The fourth-order valence-corrected chi connectivity index (χ4v) is 3.94. The lowest BCUT2D eigenvalue weighted by Crippen LogP contribution is -2.23. The number of aliphatic hydroxyl groups excluding tert-OH is 1. The van der Waals surface area contributed by atoms with Crippen molar-refractivity contribution < 1.29 is 19.4 Å². The van der Waals surface area contributed by atoms with E-state index in [1.807, 2.05) is 62.4 Å². The third-order valence-corrected chi connectivity index (χ3v) is 6.11. The van der Waals surface area contributed by atoms with Crippen LogP contribution in [0.5, 0.6) is 11.5 Å². The van der Waals surface area contributed by atoms with E-state index >= 15 is 0 Å². The van der Waals surface area contributed by atoms with Crippen molar-refractivity contribution in [1.82, 2.24) is 0 Å². The summed E-state index contributed by atoms with van der Waals surface area (Å²) in [6.07, 6.45) is 5.69. The van der Waals surface area contributed by atoms with Crippen LogP contribution in [0.15, 0.2) is 71.7 Å². The van der Waals surface area contributed by atoms with E-state index in [0.29, 0.717) is 22.1 Å². The Hall–Kier alpha value is -2.69. The van der Waals surface area contributed by atoms with Gasteiger partial charge >= 0.3 is 0 Å². The lowest BCUT2D eigenvalue weighted by atomic mass is 9.75. The molecule has 182 valence electrons. The Morgan fingerprint density at radius 2 is 1.68 bits per heavy atom. The van der Waals surface area contributed by atoms with Crippen LogP contribution in [0, 0.1) is 13.8 Å². The fourth-order valence-electron chi connectivity index (χ4n) is 3.38. The molecular formula is C28H32Cl2O4. The summed E-state index contributed by atoms with van der Waals surface area (Å²) in [5.41, 5.74) is 4.23. The molecule has 0 aromatic heterocycles. The number of Topliss-reactive ketones (excluding diaryl/α,β-unsaturated/α-hetero) is 1. The second-order valence-electron chi connectivity index (χ2n) is 8.87. The molecule has 6 heteroatoms. The summed E-state index contributed by atoms with van der Waals surface area (Å²) in [5.74, 6) is 1.22. The zero-order chi connectivity index (χ0) is 25.6. The zero-order valence-corrected chi connectivity index (χ0v) is 22.2. The molecule has 1 unspecified atom stereocenters. The predicted octanol–water partition coefficient (Wildman–Crippen LogP) is 7.79. The third kappa shape index (κ3) is 6.91. The number of aryl methyl sites for hydroxylation is 2. The highest BCUT2D eigenvalue weighted by molar-refractivity contribution is 6.32. The van der Waals surface area contributed by atoms with Crippen molar-refractivity contribution in [3.63, 3.8) is 0 Å². The quantitative estimate of drug-likeness (QED) is 0.334. The Bertz CT molecular complexity index is 1140. The van der Waals surface area contributed by atoms with Crippen LogP contribution in [0.2, 0.25) is 5.02 Å². The molecule has 1 aliphatic rings. The Labute approximate surface area is 212 Å². The van der Waals surface area contributed by atoms with Gasteiger partial charge in [0.1, 0.15) is 17.3 Å². The molecule has 1 N–H and O–H groups in total. The van der Waals surface area contributed by atoms with E-state index in [1.165, 1.54) is 13.8 Å². The number of carbonyl (C=O) groups is 1. The predicted molar refractivity (Wildman–Crippen MR) is 140 cm³/mol. The minimum atomic E-state index is -0.525. The Kier molecular flexibility index (Phi) is 9.43. The van der Waals surface area contributed by atoms with Crippen LogP contribution in [0.3, 0.4) is 0 Å². The van der Waals surface area contributed by atoms with Gasteiger partial charge in [-0.3, -0.25) is 0 Å². The number of allylic oxidation sites excluding steroid dienone is 5. The van der Waals surface area contributed by atoms with Crippen molar-refractivity contribution in [2.75, 3.05) is 7.11 Å². The number of ketones is 1. The number of benzene rings is 2. The maximum Gasteiger partial charge on any atom is 0.287 e. The van der Waals surface area contributed by atoms with Crippen molar-refractivity contribution in [3.05, 3.63) is 93.4 Å². The van der Waals surface area contributed by atoms with Gasteiger partial charge in [0.2, 0.25) is 0 Å². The number of rotatable bonds is 5. The molecule has 0 heterocycles. The minimum absolute atomic E-state index is 0.167. The average Bonchev–Trinajstić information content (AvgIpc) is 2.75. The lowest BCUT2D eigenvalue weighted by Gasteiger charge is -2.30. The van der Waals surface area contributed by atoms with Gasteiger partial charge in [-0.05, 0) is 74.2 Å². The summed E-state index contributed by atoms with van der Waals surface area (Å²) in [7, 11) is 1.59. The number of hydrogen-bond acceptors (Lipinski definition) is 4. The molecule has 0 amide bonds. The Morgan fingerprint density at radius 3 is 2.24 bits per heavy atom. The highest BCUT2D eigenvalue weighted by Gasteiger charge is 2.29. The van der Waals surface area contributed by atoms with Crippen LogP contribution in [0.25, 0.3) is 0 Å². The highest BCUT2D eigenvalue weighted by Crippen LogP contribution is 2.39. The molecule has 2 aromatic rings. The molecule has 0 bridgehead atoms. The molecule has 1 aliphatic carbocycles. The van der Waals surface area contributed by atoms with Gasteiger partial charge in [-0.25, -0.2) is 0 Å². The third-order valence-electron chi connectivity index (χ3n) is 5.46. The van der Waals surface area contributed by atoms with Gasteiger partial charge in [0.15, 0.2) is 0 Å². The number of hydrogen-bond donors (Lipinski definition) is 1. The lowest BCUT2D eigenvalue weighted by molar-refractivity contribution is -0.114. The number of methoxy groups -OCH3 is 1. The van der Waals surface area contributed by atoms with E-state index in [9.17, 15) is 9.90 Å². The molecule has 0 saturated carbocycles. The summed E-state index contributed by atoms with van der Waals surface area (Å²) < 4.78 is 11.0. The van der Waals surface area contributed by atoms with Gasteiger partial charge in [-0.15, -0.1) is 11.6 Å². The molecule has 4 nitrogen and oxygen atoms in total. The van der Waals surface area contributed by atoms with E-state index in [2.05, 4.69) is 13.8 Å². The monoisotopic (exact) mass is 502 g/mol. The average molecular weight is 503 g/mol. The number of ether oxygens (including phenoxy) is 2. The first kappa shape index (κ1) is 27.6. The van der Waals surface area contributed by atoms with Gasteiger partial charge in [0, 0.05) is 5.41 Å². The van der Waals surface area contributed by atoms with Crippen LogP contribution in [0.4, 0.5) is 0 Å². The van der Waals surface area contributed by atoms with E-state index in [0.717, 1.165) is 22.3 Å². The standard InChI is InChI=1S/C25H26Cl2O3.C3H6O/c1-15-6-7-16(2)23(12-15)30-24(28)19-10-8-17(13-20(19)26)25(3,4)18-9-11-22(29-5)21(27)14-18;1-3(2)4/h6-14,20,28H,1-5H3;1-2H3. The van der Waals surface area contributed by atoms with Crippen LogP contribution >= 0.6 is 23.2 Å². The van der Waals surface area contributed by atoms with Crippen molar-refractivity contribution in [2.24, 2.45) is 0 Å². The molecule has 0 spiro atoms. The van der Waals surface area contributed by atoms with Gasteiger partial charge in [0.25, 0.3) is 5.95 Å². The molecule has 0 radical (unpaired) electrons. The molecule has 0 aliphatic heterocycles. The van der Waals surface area contributed by atoms with Crippen molar-refractivity contribution in [2.45, 2.75) is 52.3 Å². The van der Waals surface area contributed by atoms with Gasteiger partial charge in [0.05, 0.1) is 23.1 Å². The number of alkyl halides is 1. The highest BCUT2D eigenvalue weighted by atomic mass is 35.5. The molecule has 0 fully saturated rings. The van der Waals surface area contributed by atoms with E-state index < -0.39 is 5.38 Å². The molecule has 2 aromatic carbocycles. The first-order valence-corrected chi connectivity index (χ1v) is 11.7. The Morgan fingerprint density at radius 1 is 1.03 bits per heavy atom. The first-order chi connectivity index (χ1) is 15.9. The summed E-state index contributed by atoms with van der Waals surface area (Å²) in [6, 6.07) is 11.6. The van der Waals surface area contributed by atoms with Crippen molar-refractivity contribution in [3.8, 4) is 11.5 Å². The smallest absolute Gasteiger partial charge is 0.287 e. The SMILES string of the molecule is CC(C)=O.COc1ccc(C(C)(C)C2=CC(Cl)C(=C(O)Oc3cc(C)ccc3C)C=C2)cc1Cl. The maximum atomic E-state index is 10.6. The van der Waals surface area contributed by atoms with Crippen LogP contribution in [0.1, 0.15) is 44.4 Å². The van der Waals surface area contributed by atoms with Crippen molar-refractivity contribution in [1.29, 1.82) is 0 Å². The second-order valence-corrected chi connectivity index (χ2v) is 9.75. The van der Waals surface area contributed by atoms with Crippen LogP contribution < -0.4 is 9.47 Å².